The van der Waals surface area contributed by atoms with Gasteiger partial charge in [-0.25, -0.2) is 8.78 Å². The zero-order valence-corrected chi connectivity index (χ0v) is 21.9. The number of imide groups is 1. The summed E-state index contributed by atoms with van der Waals surface area (Å²) in [6.45, 7) is 0.187. The standard InChI is InChI=1S/C24H14Br2ClF2NO3S/c25-18-7-14(8-19(26)22(18)33-12-13-1-4-16(28)5-2-13)9-21-23(31)30(24(32)34-21)11-15-3-6-17(29)10-20(15)27/h1-10H,11-12H2/b21-9+. The molecule has 3 aromatic carbocycles. The molecule has 4 nitrogen and oxygen atoms in total. The molecule has 174 valence electrons. The maximum atomic E-state index is 13.3. The maximum Gasteiger partial charge on any atom is 0.293 e. The molecule has 4 rings (SSSR count). The number of halogens is 5. The summed E-state index contributed by atoms with van der Waals surface area (Å²) in [6.07, 6.45) is 1.61. The number of carbonyl (C=O) groups excluding carboxylic acids is 2. The molecule has 34 heavy (non-hydrogen) atoms. The van der Waals surface area contributed by atoms with E-state index in [1.54, 1.807) is 30.3 Å². The molecule has 0 N–H and O–H groups in total. The van der Waals surface area contributed by atoms with E-state index in [4.69, 9.17) is 16.3 Å². The quantitative estimate of drug-likeness (QED) is 0.260. The SMILES string of the molecule is O=C1S/C(=C/c2cc(Br)c(OCc3ccc(F)cc3)c(Br)c2)C(=O)N1Cc1ccc(F)cc1Cl. The lowest BCUT2D eigenvalue weighted by atomic mass is 10.2. The first-order chi connectivity index (χ1) is 16.2. The van der Waals surface area contributed by atoms with Gasteiger partial charge in [-0.2, -0.15) is 0 Å². The van der Waals surface area contributed by atoms with Crippen molar-refractivity contribution in [1.82, 2.24) is 4.90 Å². The molecule has 0 aliphatic carbocycles. The molecule has 10 heteroatoms. The van der Waals surface area contributed by atoms with Crippen LogP contribution in [-0.2, 0) is 17.9 Å². The number of hydrogen-bond donors (Lipinski definition) is 0. The Labute approximate surface area is 220 Å². The first-order valence-electron chi connectivity index (χ1n) is 9.77. The molecule has 1 saturated heterocycles. The molecule has 1 fully saturated rings. The number of hydrogen-bond acceptors (Lipinski definition) is 4. The van der Waals surface area contributed by atoms with Gasteiger partial charge in [0.1, 0.15) is 24.0 Å². The van der Waals surface area contributed by atoms with E-state index in [0.717, 1.165) is 28.3 Å². The lowest BCUT2D eigenvalue weighted by Crippen LogP contribution is -2.27. The average molecular weight is 630 g/mol. The number of amides is 2. The molecule has 2 amide bonds. The van der Waals surface area contributed by atoms with Gasteiger partial charge in [0.15, 0.2) is 0 Å². The van der Waals surface area contributed by atoms with Crippen LogP contribution in [0.2, 0.25) is 5.02 Å². The van der Waals surface area contributed by atoms with Crippen LogP contribution >= 0.6 is 55.2 Å². The summed E-state index contributed by atoms with van der Waals surface area (Å²) in [5.74, 6) is -0.732. The first-order valence-corrected chi connectivity index (χ1v) is 12.5. The highest BCUT2D eigenvalue weighted by molar-refractivity contribution is 9.11. The zero-order valence-electron chi connectivity index (χ0n) is 17.2. The Morgan fingerprint density at radius 1 is 0.971 bits per heavy atom. The van der Waals surface area contributed by atoms with Crippen molar-refractivity contribution >= 4 is 72.4 Å². The third-order valence-corrected chi connectivity index (χ3v) is 7.27. The van der Waals surface area contributed by atoms with Crippen LogP contribution in [0.3, 0.4) is 0 Å². The summed E-state index contributed by atoms with van der Waals surface area (Å²) in [5, 5.41) is -0.291. The van der Waals surface area contributed by atoms with Gasteiger partial charge in [0.25, 0.3) is 11.1 Å². The Balaban J connectivity index is 1.50. The molecule has 1 aliphatic rings. The molecular weight excluding hydrogens is 616 g/mol. The molecule has 1 aliphatic heterocycles. The molecule has 0 bridgehead atoms. The predicted molar refractivity (Wildman–Crippen MR) is 135 cm³/mol. The van der Waals surface area contributed by atoms with E-state index < -0.39 is 17.0 Å². The second-order valence-corrected chi connectivity index (χ2v) is 10.3. The van der Waals surface area contributed by atoms with E-state index in [2.05, 4.69) is 31.9 Å². The van der Waals surface area contributed by atoms with Crippen molar-refractivity contribution in [2.75, 3.05) is 0 Å². The monoisotopic (exact) mass is 627 g/mol. The number of rotatable bonds is 6. The Hall–Kier alpha value is -2.20. The van der Waals surface area contributed by atoms with Gasteiger partial charge < -0.3 is 4.74 Å². The number of carbonyl (C=O) groups is 2. The fourth-order valence-electron chi connectivity index (χ4n) is 3.14. The predicted octanol–water partition coefficient (Wildman–Crippen LogP) is 7.96. The lowest BCUT2D eigenvalue weighted by Gasteiger charge is -2.13. The van der Waals surface area contributed by atoms with Crippen molar-refractivity contribution in [1.29, 1.82) is 0 Å². The van der Waals surface area contributed by atoms with Crippen molar-refractivity contribution in [3.8, 4) is 5.75 Å². The minimum absolute atomic E-state index is 0.0509. The summed E-state index contributed by atoms with van der Waals surface area (Å²) < 4.78 is 33.5. The fraction of sp³-hybridized carbons (Fsp3) is 0.0833. The van der Waals surface area contributed by atoms with Gasteiger partial charge in [-0.15, -0.1) is 0 Å². The van der Waals surface area contributed by atoms with E-state index >= 15 is 0 Å². The largest absolute Gasteiger partial charge is 0.487 e. The normalized spacial score (nSPS) is 14.9. The van der Waals surface area contributed by atoms with E-state index in [0.29, 0.717) is 25.8 Å². The summed E-state index contributed by atoms with van der Waals surface area (Å²) >= 11 is 13.8. The number of thioether (sulfide) groups is 1. The van der Waals surface area contributed by atoms with Gasteiger partial charge in [0.05, 0.1) is 20.4 Å². The molecule has 0 spiro atoms. The smallest absolute Gasteiger partial charge is 0.293 e. The average Bonchev–Trinajstić information content (AvgIpc) is 3.03. The fourth-order valence-corrected chi connectivity index (χ4v) is 5.66. The van der Waals surface area contributed by atoms with Crippen molar-refractivity contribution in [2.24, 2.45) is 0 Å². The third-order valence-electron chi connectivity index (χ3n) is 4.83. The van der Waals surface area contributed by atoms with Gasteiger partial charge in [-0.3, -0.25) is 14.5 Å². The van der Waals surface area contributed by atoms with Gasteiger partial charge in [0, 0.05) is 5.02 Å². The molecule has 0 atom stereocenters. The lowest BCUT2D eigenvalue weighted by molar-refractivity contribution is -0.123. The summed E-state index contributed by atoms with van der Waals surface area (Å²) in [7, 11) is 0. The second kappa shape index (κ2) is 10.6. The van der Waals surface area contributed by atoms with E-state index in [9.17, 15) is 18.4 Å². The Kier molecular flexibility index (Phi) is 7.77. The van der Waals surface area contributed by atoms with Crippen LogP contribution in [0, 0.1) is 11.6 Å². The van der Waals surface area contributed by atoms with E-state index in [1.807, 2.05) is 0 Å². The Morgan fingerprint density at radius 3 is 2.26 bits per heavy atom. The van der Waals surface area contributed by atoms with Crippen LogP contribution in [0.5, 0.6) is 5.75 Å². The minimum Gasteiger partial charge on any atom is -0.487 e. The van der Waals surface area contributed by atoms with Gasteiger partial charge in [-0.05, 0) is 103 Å². The van der Waals surface area contributed by atoms with Crippen LogP contribution < -0.4 is 4.74 Å². The second-order valence-electron chi connectivity index (χ2n) is 7.23. The van der Waals surface area contributed by atoms with Crippen molar-refractivity contribution in [3.05, 3.63) is 102 Å². The van der Waals surface area contributed by atoms with Crippen molar-refractivity contribution in [3.63, 3.8) is 0 Å². The maximum absolute atomic E-state index is 13.3. The highest BCUT2D eigenvalue weighted by Gasteiger charge is 2.35. The molecule has 0 radical (unpaired) electrons. The zero-order chi connectivity index (χ0) is 24.4. The Morgan fingerprint density at radius 2 is 1.62 bits per heavy atom. The van der Waals surface area contributed by atoms with Crippen LogP contribution in [0.25, 0.3) is 6.08 Å². The molecule has 1 heterocycles. The third kappa shape index (κ3) is 5.71. The van der Waals surface area contributed by atoms with Crippen molar-refractivity contribution in [2.45, 2.75) is 13.2 Å². The molecule has 0 saturated carbocycles. The topological polar surface area (TPSA) is 46.6 Å². The van der Waals surface area contributed by atoms with E-state index in [1.165, 1.54) is 24.3 Å². The minimum atomic E-state index is -0.496. The number of ether oxygens (including phenoxy) is 1. The highest BCUT2D eigenvalue weighted by Crippen LogP contribution is 2.38. The van der Waals surface area contributed by atoms with Crippen LogP contribution in [0.1, 0.15) is 16.7 Å². The number of benzene rings is 3. The van der Waals surface area contributed by atoms with Gasteiger partial charge >= 0.3 is 0 Å². The molecule has 3 aromatic rings. The number of nitrogens with zero attached hydrogens (tertiary/aromatic N) is 1. The summed E-state index contributed by atoms with van der Waals surface area (Å²) in [4.78, 5) is 26.6. The van der Waals surface area contributed by atoms with Crippen LogP contribution in [0.4, 0.5) is 13.6 Å². The van der Waals surface area contributed by atoms with Crippen molar-refractivity contribution < 1.29 is 23.1 Å². The van der Waals surface area contributed by atoms with Crippen LogP contribution in [0.15, 0.2) is 68.4 Å². The Bertz CT molecular complexity index is 1300. The molecule has 0 unspecified atom stereocenters. The van der Waals surface area contributed by atoms with Gasteiger partial charge in [-0.1, -0.05) is 29.8 Å². The van der Waals surface area contributed by atoms with Crippen LogP contribution in [-0.4, -0.2) is 16.0 Å². The first kappa shape index (κ1) is 24.9. The summed E-state index contributed by atoms with van der Waals surface area (Å²) in [6, 6.07) is 13.3. The summed E-state index contributed by atoms with van der Waals surface area (Å²) in [5.41, 5.74) is 1.94. The highest BCUT2D eigenvalue weighted by atomic mass is 79.9. The molecular formula is C24H14Br2ClF2NO3S. The van der Waals surface area contributed by atoms with Gasteiger partial charge in [0.2, 0.25) is 0 Å². The van der Waals surface area contributed by atoms with E-state index in [-0.39, 0.29) is 28.9 Å². The molecule has 0 aromatic heterocycles.